The predicted octanol–water partition coefficient (Wildman–Crippen LogP) is 3.53. The number of aliphatic carboxylic acids is 1. The molecule has 2 N–H and O–H groups in total. The molecule has 44 heavy (non-hydrogen) atoms. The van der Waals surface area contributed by atoms with Crippen LogP contribution in [0.4, 0.5) is 0 Å². The van der Waals surface area contributed by atoms with Crippen LogP contribution in [0.15, 0.2) is 48.5 Å². The van der Waals surface area contributed by atoms with Gasteiger partial charge in [0, 0.05) is 19.3 Å². The molecule has 0 bridgehead atoms. The van der Waals surface area contributed by atoms with Crippen LogP contribution >= 0.6 is 0 Å². The fourth-order valence-corrected chi connectivity index (χ4v) is 5.78. The summed E-state index contributed by atoms with van der Waals surface area (Å²) in [6.07, 6.45) is 1.36. The maximum atomic E-state index is 14.0. The van der Waals surface area contributed by atoms with Gasteiger partial charge in [-0.1, -0.05) is 48.5 Å². The number of carboxylic acids is 1. The SMILES string of the molecule is CC1(C)OB(c2ccc(C(C(=O)O)C(C(=O)NC3CCOCC3)c3ccc(B4OC(C)(C)C(C)(C)O4)cc3)cc2)OC1(C)C. The van der Waals surface area contributed by atoms with E-state index in [1.165, 1.54) is 0 Å². The summed E-state index contributed by atoms with van der Waals surface area (Å²) in [6, 6.07) is 14.4. The van der Waals surface area contributed by atoms with Gasteiger partial charge in [0.25, 0.3) is 0 Å². The van der Waals surface area contributed by atoms with E-state index in [4.69, 9.17) is 23.4 Å². The summed E-state index contributed by atoms with van der Waals surface area (Å²) in [6.45, 7) is 17.0. The molecule has 5 rings (SSSR count). The Morgan fingerprint density at radius 1 is 0.682 bits per heavy atom. The normalized spacial score (nSPS) is 23.7. The van der Waals surface area contributed by atoms with Crippen molar-refractivity contribution >= 4 is 37.0 Å². The summed E-state index contributed by atoms with van der Waals surface area (Å²) in [4.78, 5) is 26.9. The van der Waals surface area contributed by atoms with Gasteiger partial charge in [-0.2, -0.15) is 0 Å². The Labute approximate surface area is 261 Å². The third-order valence-corrected chi connectivity index (χ3v) is 10.1. The van der Waals surface area contributed by atoms with E-state index in [1.54, 1.807) is 12.1 Å². The quantitative estimate of drug-likeness (QED) is 0.440. The van der Waals surface area contributed by atoms with Crippen molar-refractivity contribution in [3.8, 4) is 0 Å². The summed E-state index contributed by atoms with van der Waals surface area (Å²) in [5.41, 5.74) is 0.698. The first kappa shape index (κ1) is 32.7. The smallest absolute Gasteiger partial charge is 0.481 e. The molecule has 0 radical (unpaired) electrons. The zero-order chi connectivity index (χ0) is 32.1. The number of hydrogen-bond donors (Lipinski definition) is 2. The van der Waals surface area contributed by atoms with E-state index in [0.717, 1.165) is 10.9 Å². The van der Waals surface area contributed by atoms with Crippen LogP contribution in [0.2, 0.25) is 0 Å². The van der Waals surface area contributed by atoms with Crippen molar-refractivity contribution in [3.05, 3.63) is 59.7 Å². The van der Waals surface area contributed by atoms with Gasteiger partial charge in [0.15, 0.2) is 0 Å². The Bertz CT molecular complexity index is 1320. The minimum Gasteiger partial charge on any atom is -0.481 e. The van der Waals surface area contributed by atoms with Crippen molar-refractivity contribution in [1.29, 1.82) is 0 Å². The van der Waals surface area contributed by atoms with Gasteiger partial charge in [-0.05, 0) is 90.3 Å². The van der Waals surface area contributed by atoms with Gasteiger partial charge in [-0.15, -0.1) is 0 Å². The zero-order valence-corrected chi connectivity index (χ0v) is 27.1. The number of ether oxygens (including phenoxy) is 1. The third-order valence-electron chi connectivity index (χ3n) is 10.1. The van der Waals surface area contributed by atoms with Crippen molar-refractivity contribution in [2.24, 2.45) is 0 Å². The first-order valence-corrected chi connectivity index (χ1v) is 15.5. The molecule has 3 aliphatic heterocycles. The van der Waals surface area contributed by atoms with Gasteiger partial charge in [0.05, 0.1) is 34.2 Å². The number of carbonyl (C=O) groups excluding carboxylic acids is 1. The molecule has 2 atom stereocenters. The van der Waals surface area contributed by atoms with Crippen LogP contribution < -0.4 is 16.2 Å². The van der Waals surface area contributed by atoms with Gasteiger partial charge in [0.2, 0.25) is 5.91 Å². The van der Waals surface area contributed by atoms with E-state index in [9.17, 15) is 14.7 Å². The lowest BCUT2D eigenvalue weighted by atomic mass is 9.74. The molecular weight excluding hydrogens is 560 g/mol. The molecule has 2 unspecified atom stereocenters. The Kier molecular flexibility index (Phi) is 8.85. The van der Waals surface area contributed by atoms with Gasteiger partial charge < -0.3 is 33.8 Å². The molecular formula is C33H45B2NO8. The molecule has 9 nitrogen and oxygen atoms in total. The van der Waals surface area contributed by atoms with Crippen LogP contribution in [-0.2, 0) is 32.9 Å². The molecule has 11 heteroatoms. The van der Waals surface area contributed by atoms with Crippen molar-refractivity contribution in [2.45, 2.75) is 109 Å². The van der Waals surface area contributed by atoms with Gasteiger partial charge >= 0.3 is 20.2 Å². The van der Waals surface area contributed by atoms with E-state index in [2.05, 4.69) is 5.32 Å². The second-order valence-corrected chi connectivity index (χ2v) is 14.2. The molecule has 236 valence electrons. The Hall–Kier alpha value is -2.69. The summed E-state index contributed by atoms with van der Waals surface area (Å²) in [5, 5.41) is 13.7. The van der Waals surface area contributed by atoms with Gasteiger partial charge in [-0.3, -0.25) is 9.59 Å². The summed E-state index contributed by atoms with van der Waals surface area (Å²) >= 11 is 0. The lowest BCUT2D eigenvalue weighted by Gasteiger charge is -2.32. The summed E-state index contributed by atoms with van der Waals surface area (Å²) < 4.78 is 30.2. The molecule has 3 saturated heterocycles. The van der Waals surface area contributed by atoms with E-state index >= 15 is 0 Å². The highest BCUT2D eigenvalue weighted by molar-refractivity contribution is 6.62. The highest BCUT2D eigenvalue weighted by Gasteiger charge is 2.53. The minimum atomic E-state index is -1.13. The van der Waals surface area contributed by atoms with Crippen LogP contribution in [0.3, 0.4) is 0 Å². The second-order valence-electron chi connectivity index (χ2n) is 14.2. The van der Waals surface area contributed by atoms with Crippen molar-refractivity contribution in [1.82, 2.24) is 5.32 Å². The topological polar surface area (TPSA) is 113 Å². The number of nitrogens with one attached hydrogen (secondary N) is 1. The first-order chi connectivity index (χ1) is 20.5. The number of rotatable bonds is 8. The monoisotopic (exact) mass is 605 g/mol. The van der Waals surface area contributed by atoms with Gasteiger partial charge in [-0.25, -0.2) is 0 Å². The molecule has 1 amide bonds. The lowest BCUT2D eigenvalue weighted by Crippen LogP contribution is -2.43. The maximum absolute atomic E-state index is 14.0. The highest BCUT2D eigenvalue weighted by Crippen LogP contribution is 2.39. The molecule has 3 heterocycles. The number of carbonyl (C=O) groups is 2. The number of amides is 1. The van der Waals surface area contributed by atoms with Crippen molar-refractivity contribution in [3.63, 3.8) is 0 Å². The van der Waals surface area contributed by atoms with E-state index < -0.39 is 54.4 Å². The van der Waals surface area contributed by atoms with Gasteiger partial charge in [0.1, 0.15) is 0 Å². The molecule has 3 aliphatic rings. The average molecular weight is 605 g/mol. The Morgan fingerprint density at radius 2 is 1.05 bits per heavy atom. The molecule has 2 aromatic rings. The fourth-order valence-electron chi connectivity index (χ4n) is 5.78. The van der Waals surface area contributed by atoms with Crippen LogP contribution in [-0.4, -0.2) is 72.9 Å². The fraction of sp³-hybridized carbons (Fsp3) is 0.576. The number of hydrogen-bond acceptors (Lipinski definition) is 7. The molecule has 0 aromatic heterocycles. The second kappa shape index (κ2) is 11.9. The Balaban J connectivity index is 1.45. The molecule has 0 saturated carbocycles. The predicted molar refractivity (Wildman–Crippen MR) is 169 cm³/mol. The standard InChI is InChI=1S/C33H45B2NO8/c1-30(2)31(3,4)42-34(41-30)23-13-9-21(10-14-23)26(28(37)36-25-17-19-40-20-18-25)27(29(38)39)22-11-15-24(16-12-22)35-43-32(5,6)33(7,8)44-35/h9-16,25-27H,17-20H2,1-8H3,(H,36,37)(H,38,39). The largest absolute Gasteiger partial charge is 0.494 e. The van der Waals surface area contributed by atoms with Crippen molar-refractivity contribution in [2.75, 3.05) is 13.2 Å². The van der Waals surface area contributed by atoms with Crippen LogP contribution in [0.1, 0.15) is 91.2 Å². The molecule has 2 aromatic carbocycles. The number of carboxylic acid groups (broad SMARTS) is 1. The minimum absolute atomic E-state index is 0.0806. The number of benzene rings is 2. The Morgan fingerprint density at radius 3 is 1.41 bits per heavy atom. The van der Waals surface area contributed by atoms with E-state index in [-0.39, 0.29) is 11.9 Å². The summed E-state index contributed by atoms with van der Waals surface area (Å²) in [5.74, 6) is -3.53. The highest BCUT2D eigenvalue weighted by atomic mass is 16.7. The van der Waals surface area contributed by atoms with E-state index in [0.29, 0.717) is 37.2 Å². The van der Waals surface area contributed by atoms with Crippen LogP contribution in [0.25, 0.3) is 0 Å². The third kappa shape index (κ3) is 6.35. The van der Waals surface area contributed by atoms with Crippen LogP contribution in [0.5, 0.6) is 0 Å². The van der Waals surface area contributed by atoms with Crippen LogP contribution in [0, 0.1) is 0 Å². The first-order valence-electron chi connectivity index (χ1n) is 15.5. The molecule has 0 spiro atoms. The average Bonchev–Trinajstić information content (AvgIpc) is 3.31. The zero-order valence-electron chi connectivity index (χ0n) is 27.1. The molecule has 3 fully saturated rings. The van der Waals surface area contributed by atoms with E-state index in [1.807, 2.05) is 91.8 Å². The summed E-state index contributed by atoms with van der Waals surface area (Å²) in [7, 11) is -1.14. The van der Waals surface area contributed by atoms with Crippen molar-refractivity contribution < 1.29 is 38.0 Å². The molecule has 0 aliphatic carbocycles. The maximum Gasteiger partial charge on any atom is 0.494 e. The lowest BCUT2D eigenvalue weighted by molar-refractivity contribution is -0.142.